The quantitative estimate of drug-likeness (QED) is 0.595. The molecule has 0 aromatic rings. The van der Waals surface area contributed by atoms with E-state index in [-0.39, 0.29) is 6.61 Å². The van der Waals surface area contributed by atoms with E-state index in [0.29, 0.717) is 12.6 Å². The monoisotopic (exact) mass is 269 g/mol. The van der Waals surface area contributed by atoms with E-state index in [1.165, 1.54) is 12.8 Å². The highest BCUT2D eigenvalue weighted by atomic mass is 32.9. The number of unbranched alkanes of at least 4 members (excludes halogenated alkanes) is 1. The molecule has 0 aromatic carbocycles. The molecule has 0 heterocycles. The van der Waals surface area contributed by atoms with Gasteiger partial charge in [0.1, 0.15) is 0 Å². The molecule has 2 N–H and O–H groups in total. The summed E-state index contributed by atoms with van der Waals surface area (Å²) in [5.74, 6) is 0. The summed E-state index contributed by atoms with van der Waals surface area (Å²) >= 11 is 4.22. The Morgan fingerprint density at radius 3 is 2.56 bits per heavy atom. The first kappa shape index (κ1) is 16.2. The van der Waals surface area contributed by atoms with Crippen LogP contribution in [0.5, 0.6) is 0 Å². The Kier molecular flexibility index (Phi) is 9.44. The van der Waals surface area contributed by atoms with Crippen molar-refractivity contribution in [2.75, 3.05) is 13.2 Å². The molecule has 98 valence electrons. The Bertz CT molecular complexity index is 255. The number of hydrogen-bond donors (Lipinski definition) is 2. The molecule has 0 rings (SSSR count). The molecule has 0 aliphatic carbocycles. The normalized spacial score (nSPS) is 16.9. The molecule has 0 aliphatic rings. The standard InChI is InChI=1S/C10H23NO3S2/c1-3-5-7-10(6-4-2)11-8-9-14-16(12,13)15/h10-11H,3-9H2,1-2H3,(H,12,13,15)/t10-/m0/s1. The Balaban J connectivity index is 3.66. The molecule has 6 heteroatoms. The van der Waals surface area contributed by atoms with Crippen molar-refractivity contribution in [1.82, 2.24) is 5.32 Å². The van der Waals surface area contributed by atoms with Gasteiger partial charge in [-0.05, 0) is 12.8 Å². The van der Waals surface area contributed by atoms with E-state index in [9.17, 15) is 4.21 Å². The van der Waals surface area contributed by atoms with Gasteiger partial charge in [0, 0.05) is 23.8 Å². The third kappa shape index (κ3) is 10.8. The number of nitrogens with one attached hydrogen (secondary N) is 1. The summed E-state index contributed by atoms with van der Waals surface area (Å²) < 4.78 is 24.0. The summed E-state index contributed by atoms with van der Waals surface area (Å²) in [6.07, 6.45) is 5.81. The minimum Gasteiger partial charge on any atom is -0.312 e. The maximum absolute atomic E-state index is 10.6. The van der Waals surface area contributed by atoms with E-state index >= 15 is 0 Å². The van der Waals surface area contributed by atoms with Crippen LogP contribution in [-0.4, -0.2) is 28.0 Å². The topological polar surface area (TPSA) is 58.6 Å². The van der Waals surface area contributed by atoms with Crippen LogP contribution in [0.15, 0.2) is 0 Å². The van der Waals surface area contributed by atoms with Crippen molar-refractivity contribution < 1.29 is 12.9 Å². The zero-order valence-corrected chi connectivity index (χ0v) is 11.7. The van der Waals surface area contributed by atoms with Crippen LogP contribution in [0, 0.1) is 0 Å². The molecule has 0 aliphatic heterocycles. The summed E-state index contributed by atoms with van der Waals surface area (Å²) in [6, 6.07) is 0.480. The Morgan fingerprint density at radius 2 is 2.06 bits per heavy atom. The largest absolute Gasteiger partial charge is 0.312 e. The van der Waals surface area contributed by atoms with Gasteiger partial charge in [-0.2, -0.15) is 4.21 Å². The molecule has 0 amide bonds. The zero-order valence-electron chi connectivity index (χ0n) is 10.1. The van der Waals surface area contributed by atoms with Gasteiger partial charge in [0.25, 0.3) is 9.05 Å². The smallest absolute Gasteiger partial charge is 0.266 e. The number of rotatable bonds is 10. The molecule has 0 bridgehead atoms. The molecule has 0 saturated carbocycles. The van der Waals surface area contributed by atoms with Crippen LogP contribution < -0.4 is 5.32 Å². The van der Waals surface area contributed by atoms with Crippen LogP contribution in [0.4, 0.5) is 0 Å². The zero-order chi connectivity index (χ0) is 12.4. The van der Waals surface area contributed by atoms with E-state index < -0.39 is 9.05 Å². The van der Waals surface area contributed by atoms with Crippen LogP contribution >= 0.6 is 0 Å². The van der Waals surface area contributed by atoms with E-state index in [0.717, 1.165) is 19.3 Å². The van der Waals surface area contributed by atoms with Crippen molar-refractivity contribution in [2.24, 2.45) is 0 Å². The second-order valence-electron chi connectivity index (χ2n) is 3.83. The molecule has 1 unspecified atom stereocenters. The van der Waals surface area contributed by atoms with Gasteiger partial charge in [0.2, 0.25) is 0 Å². The van der Waals surface area contributed by atoms with Gasteiger partial charge in [-0.15, -0.1) is 0 Å². The first-order chi connectivity index (χ1) is 7.49. The van der Waals surface area contributed by atoms with Gasteiger partial charge in [0.15, 0.2) is 0 Å². The summed E-state index contributed by atoms with van der Waals surface area (Å²) in [7, 11) is -3.46. The molecular weight excluding hydrogens is 246 g/mol. The molecule has 0 spiro atoms. The Labute approximate surface area is 104 Å². The molecule has 2 atom stereocenters. The fraction of sp³-hybridized carbons (Fsp3) is 1.00. The van der Waals surface area contributed by atoms with Crippen LogP contribution in [0.3, 0.4) is 0 Å². The fourth-order valence-corrected chi connectivity index (χ4v) is 2.06. The maximum Gasteiger partial charge on any atom is 0.266 e. The van der Waals surface area contributed by atoms with Gasteiger partial charge >= 0.3 is 0 Å². The average Bonchev–Trinajstić information content (AvgIpc) is 2.19. The van der Waals surface area contributed by atoms with Crippen molar-refractivity contribution in [3.63, 3.8) is 0 Å². The van der Waals surface area contributed by atoms with Gasteiger partial charge < -0.3 is 5.32 Å². The maximum atomic E-state index is 10.6. The second kappa shape index (κ2) is 9.30. The fourth-order valence-electron chi connectivity index (χ4n) is 1.56. The lowest BCUT2D eigenvalue weighted by molar-refractivity contribution is 0.290. The van der Waals surface area contributed by atoms with E-state index in [1.807, 2.05) is 0 Å². The van der Waals surface area contributed by atoms with E-state index in [1.54, 1.807) is 0 Å². The molecule has 16 heavy (non-hydrogen) atoms. The van der Waals surface area contributed by atoms with Gasteiger partial charge in [-0.3, -0.25) is 8.74 Å². The average molecular weight is 269 g/mol. The Morgan fingerprint density at radius 1 is 1.38 bits per heavy atom. The highest BCUT2D eigenvalue weighted by molar-refractivity contribution is 8.27. The van der Waals surface area contributed by atoms with Gasteiger partial charge in [-0.25, -0.2) is 0 Å². The highest BCUT2D eigenvalue weighted by Gasteiger charge is 2.06. The molecule has 0 fully saturated rings. The SMILES string of the molecule is CCCC[C@H](CCC)NCCOS(=O)(O)=S. The summed E-state index contributed by atoms with van der Waals surface area (Å²) in [6.45, 7) is 5.08. The molecule has 0 saturated heterocycles. The van der Waals surface area contributed by atoms with Gasteiger partial charge in [-0.1, -0.05) is 33.1 Å². The van der Waals surface area contributed by atoms with Crippen molar-refractivity contribution in [3.8, 4) is 0 Å². The van der Waals surface area contributed by atoms with Crippen molar-refractivity contribution in [2.45, 2.75) is 52.0 Å². The lowest BCUT2D eigenvalue weighted by atomic mass is 10.1. The summed E-state index contributed by atoms with van der Waals surface area (Å²) in [5.41, 5.74) is 0. The minimum atomic E-state index is -3.46. The van der Waals surface area contributed by atoms with E-state index in [2.05, 4.69) is 34.5 Å². The third-order valence-electron chi connectivity index (χ3n) is 2.31. The predicted octanol–water partition coefficient (Wildman–Crippen LogP) is 2.09. The number of hydrogen-bond acceptors (Lipinski definition) is 4. The molecular formula is C10H23NO3S2. The van der Waals surface area contributed by atoms with Crippen molar-refractivity contribution >= 4 is 20.2 Å². The lowest BCUT2D eigenvalue weighted by Gasteiger charge is -2.17. The van der Waals surface area contributed by atoms with E-state index in [4.69, 9.17) is 4.55 Å². The van der Waals surface area contributed by atoms with Crippen molar-refractivity contribution in [3.05, 3.63) is 0 Å². The summed E-state index contributed by atoms with van der Waals surface area (Å²) in [5, 5.41) is 3.32. The predicted molar refractivity (Wildman–Crippen MR) is 70.3 cm³/mol. The van der Waals surface area contributed by atoms with Crippen LogP contribution in [0.2, 0.25) is 0 Å². The van der Waals surface area contributed by atoms with Crippen LogP contribution in [-0.2, 0) is 24.4 Å². The lowest BCUT2D eigenvalue weighted by Crippen LogP contribution is -2.32. The first-order valence-corrected chi connectivity index (χ1v) is 8.21. The second-order valence-corrected chi connectivity index (χ2v) is 6.19. The molecule has 0 radical (unpaired) electrons. The van der Waals surface area contributed by atoms with Crippen LogP contribution in [0.25, 0.3) is 0 Å². The third-order valence-corrected chi connectivity index (χ3v) is 3.06. The minimum absolute atomic E-state index is 0.186. The summed E-state index contributed by atoms with van der Waals surface area (Å²) in [4.78, 5) is 0. The Hall–Kier alpha value is 0.250. The molecule has 0 aromatic heterocycles. The van der Waals surface area contributed by atoms with Crippen LogP contribution in [0.1, 0.15) is 46.0 Å². The molecule has 4 nitrogen and oxygen atoms in total. The van der Waals surface area contributed by atoms with Crippen molar-refractivity contribution in [1.29, 1.82) is 0 Å². The van der Waals surface area contributed by atoms with Gasteiger partial charge in [0.05, 0.1) is 6.61 Å². The highest BCUT2D eigenvalue weighted by Crippen LogP contribution is 2.06. The first-order valence-electron chi connectivity index (χ1n) is 5.84.